The molecule has 0 spiro atoms. The lowest BCUT2D eigenvalue weighted by Gasteiger charge is -2.01. The summed E-state index contributed by atoms with van der Waals surface area (Å²) < 4.78 is 4.62. The van der Waals surface area contributed by atoms with Gasteiger partial charge in [-0.2, -0.15) is 9.13 Å². The summed E-state index contributed by atoms with van der Waals surface area (Å²) in [4.78, 5) is 0. The number of rotatable bonds is 2. The molecule has 0 N–H and O–H groups in total. The minimum Gasteiger partial charge on any atom is -0.192 e. The summed E-state index contributed by atoms with van der Waals surface area (Å²) in [6, 6.07) is 29.6. The number of aromatic nitrogens is 2. The summed E-state index contributed by atoms with van der Waals surface area (Å²) in [7, 11) is 0. The Morgan fingerprint density at radius 2 is 1.27 bits per heavy atom. The van der Waals surface area contributed by atoms with E-state index in [1.54, 1.807) is 0 Å². The molecular weight excluding hydrogens is 268 g/mol. The SMILES string of the molecule is Cc1n(-c2ccccc2)c2ccccc2[n+]1-c1ccccc1. The molecule has 3 aromatic carbocycles. The lowest BCUT2D eigenvalue weighted by atomic mass is 10.2. The molecule has 1 heterocycles. The zero-order valence-corrected chi connectivity index (χ0v) is 12.5. The Morgan fingerprint density at radius 1 is 0.682 bits per heavy atom. The van der Waals surface area contributed by atoms with E-state index in [-0.39, 0.29) is 0 Å². The number of para-hydroxylation sites is 4. The average molecular weight is 285 g/mol. The van der Waals surface area contributed by atoms with Crippen molar-refractivity contribution in [1.29, 1.82) is 0 Å². The van der Waals surface area contributed by atoms with Crippen LogP contribution in [-0.4, -0.2) is 4.57 Å². The van der Waals surface area contributed by atoms with Gasteiger partial charge in [0.25, 0.3) is 5.82 Å². The first-order valence-electron chi connectivity index (χ1n) is 7.49. The third-order valence-corrected chi connectivity index (χ3v) is 4.04. The highest BCUT2D eigenvalue weighted by Gasteiger charge is 2.23. The van der Waals surface area contributed by atoms with Gasteiger partial charge in [0, 0.05) is 6.92 Å². The highest BCUT2D eigenvalue weighted by molar-refractivity contribution is 5.75. The van der Waals surface area contributed by atoms with E-state index < -0.39 is 0 Å². The van der Waals surface area contributed by atoms with Crippen LogP contribution in [0.4, 0.5) is 0 Å². The fourth-order valence-electron chi connectivity index (χ4n) is 3.10. The van der Waals surface area contributed by atoms with Gasteiger partial charge in [0.2, 0.25) is 0 Å². The standard InChI is InChI=1S/C20H17N2/c1-16-21(17-10-4-2-5-11-17)19-14-8-9-15-20(19)22(16)18-12-6-3-7-13-18/h2-15H,1H3/q+1. The first-order valence-corrected chi connectivity index (χ1v) is 7.49. The van der Waals surface area contributed by atoms with Crippen LogP contribution in [-0.2, 0) is 0 Å². The highest BCUT2D eigenvalue weighted by Crippen LogP contribution is 2.21. The number of hydrogen-bond donors (Lipinski definition) is 0. The van der Waals surface area contributed by atoms with Crippen molar-refractivity contribution in [2.24, 2.45) is 0 Å². The maximum absolute atomic E-state index is 2.31. The monoisotopic (exact) mass is 285 g/mol. The van der Waals surface area contributed by atoms with Gasteiger partial charge in [-0.3, -0.25) is 0 Å². The average Bonchev–Trinajstić information content (AvgIpc) is 2.88. The Labute approximate surface area is 129 Å². The van der Waals surface area contributed by atoms with Gasteiger partial charge in [-0.1, -0.05) is 48.5 Å². The summed E-state index contributed by atoms with van der Waals surface area (Å²) >= 11 is 0. The van der Waals surface area contributed by atoms with Gasteiger partial charge in [-0.05, 0) is 36.4 Å². The number of imidazole rings is 1. The van der Waals surface area contributed by atoms with Crippen molar-refractivity contribution >= 4 is 11.0 Å². The van der Waals surface area contributed by atoms with Crippen molar-refractivity contribution in [3.8, 4) is 11.4 Å². The lowest BCUT2D eigenvalue weighted by Crippen LogP contribution is -2.33. The van der Waals surface area contributed by atoms with Crippen LogP contribution < -0.4 is 4.57 Å². The van der Waals surface area contributed by atoms with Crippen LogP contribution in [0.25, 0.3) is 22.4 Å². The van der Waals surface area contributed by atoms with Crippen molar-refractivity contribution in [3.63, 3.8) is 0 Å². The van der Waals surface area contributed by atoms with E-state index in [1.165, 1.54) is 28.2 Å². The smallest absolute Gasteiger partial charge is 0.192 e. The van der Waals surface area contributed by atoms with Crippen LogP contribution >= 0.6 is 0 Å². The molecule has 0 saturated heterocycles. The Bertz CT molecular complexity index is 846. The number of nitrogens with zero attached hydrogens (tertiary/aromatic N) is 2. The molecule has 0 aliphatic carbocycles. The topological polar surface area (TPSA) is 8.81 Å². The largest absolute Gasteiger partial charge is 0.264 e. The van der Waals surface area contributed by atoms with Crippen molar-refractivity contribution < 1.29 is 4.57 Å². The van der Waals surface area contributed by atoms with Crippen molar-refractivity contribution in [1.82, 2.24) is 4.57 Å². The first kappa shape index (κ1) is 12.8. The molecule has 0 atom stereocenters. The predicted octanol–water partition coefficient (Wildman–Crippen LogP) is 4.22. The van der Waals surface area contributed by atoms with E-state index in [2.05, 4.69) is 101 Å². The van der Waals surface area contributed by atoms with Gasteiger partial charge in [0.1, 0.15) is 11.4 Å². The number of fused-ring (bicyclic) bond motifs is 1. The molecule has 1 aromatic heterocycles. The maximum atomic E-state index is 2.31. The van der Waals surface area contributed by atoms with E-state index in [0.29, 0.717) is 0 Å². The number of hydrogen-bond acceptors (Lipinski definition) is 0. The summed E-state index contributed by atoms with van der Waals surface area (Å²) in [6.07, 6.45) is 0. The van der Waals surface area contributed by atoms with Gasteiger partial charge in [-0.25, -0.2) is 0 Å². The lowest BCUT2D eigenvalue weighted by molar-refractivity contribution is -0.575. The van der Waals surface area contributed by atoms with Gasteiger partial charge < -0.3 is 0 Å². The van der Waals surface area contributed by atoms with Crippen LogP contribution in [0.15, 0.2) is 84.9 Å². The molecule has 22 heavy (non-hydrogen) atoms. The molecule has 2 nitrogen and oxygen atoms in total. The second-order valence-electron chi connectivity index (χ2n) is 5.38. The van der Waals surface area contributed by atoms with Crippen molar-refractivity contribution in [2.45, 2.75) is 6.92 Å². The molecule has 4 aromatic rings. The summed E-state index contributed by atoms with van der Waals surface area (Å²) in [6.45, 7) is 2.17. The van der Waals surface area contributed by atoms with Gasteiger partial charge >= 0.3 is 0 Å². The molecule has 0 fully saturated rings. The van der Waals surface area contributed by atoms with Crippen LogP contribution in [0, 0.1) is 6.92 Å². The van der Waals surface area contributed by atoms with E-state index in [1.807, 2.05) is 0 Å². The Morgan fingerprint density at radius 3 is 2.00 bits per heavy atom. The molecule has 0 aliphatic rings. The van der Waals surface area contributed by atoms with Gasteiger partial charge in [0.05, 0.1) is 0 Å². The fraction of sp³-hybridized carbons (Fsp3) is 0.0500. The molecular formula is C20H17N2+. The molecule has 4 rings (SSSR count). The molecule has 106 valence electrons. The second kappa shape index (κ2) is 5.15. The van der Waals surface area contributed by atoms with Crippen molar-refractivity contribution in [2.75, 3.05) is 0 Å². The van der Waals surface area contributed by atoms with Gasteiger partial charge in [-0.15, -0.1) is 0 Å². The molecule has 0 radical (unpaired) electrons. The molecule has 0 amide bonds. The third-order valence-electron chi connectivity index (χ3n) is 4.04. The van der Waals surface area contributed by atoms with E-state index in [0.717, 1.165) is 0 Å². The molecule has 0 bridgehead atoms. The first-order chi connectivity index (χ1) is 10.9. The predicted molar refractivity (Wildman–Crippen MR) is 89.5 cm³/mol. The summed E-state index contributed by atoms with van der Waals surface area (Å²) in [5.41, 5.74) is 4.81. The Kier molecular flexibility index (Phi) is 3.01. The molecule has 0 aliphatic heterocycles. The number of benzene rings is 3. The summed E-state index contributed by atoms with van der Waals surface area (Å²) in [5, 5.41) is 0. The van der Waals surface area contributed by atoms with Crippen LogP contribution in [0.1, 0.15) is 5.82 Å². The molecule has 2 heteroatoms. The highest BCUT2D eigenvalue weighted by atomic mass is 15.2. The minimum atomic E-state index is 1.19. The fourth-order valence-corrected chi connectivity index (χ4v) is 3.10. The Hall–Kier alpha value is -2.87. The zero-order chi connectivity index (χ0) is 14.9. The van der Waals surface area contributed by atoms with Crippen LogP contribution in [0.3, 0.4) is 0 Å². The van der Waals surface area contributed by atoms with E-state index in [4.69, 9.17) is 0 Å². The maximum Gasteiger partial charge on any atom is 0.264 e. The molecule has 0 saturated carbocycles. The van der Waals surface area contributed by atoms with E-state index in [9.17, 15) is 0 Å². The Balaban J connectivity index is 2.10. The minimum absolute atomic E-state index is 1.19. The van der Waals surface area contributed by atoms with Crippen LogP contribution in [0.5, 0.6) is 0 Å². The van der Waals surface area contributed by atoms with Gasteiger partial charge in [0.15, 0.2) is 11.0 Å². The quantitative estimate of drug-likeness (QED) is 0.488. The van der Waals surface area contributed by atoms with Crippen molar-refractivity contribution in [3.05, 3.63) is 90.8 Å². The van der Waals surface area contributed by atoms with Crippen LogP contribution in [0.2, 0.25) is 0 Å². The zero-order valence-electron chi connectivity index (χ0n) is 12.5. The summed E-state index contributed by atoms with van der Waals surface area (Å²) in [5.74, 6) is 1.19. The molecule has 0 unspecified atom stereocenters. The second-order valence-corrected chi connectivity index (χ2v) is 5.38. The normalized spacial score (nSPS) is 11.0. The van der Waals surface area contributed by atoms with E-state index >= 15 is 0 Å². The third kappa shape index (κ3) is 1.92.